The summed E-state index contributed by atoms with van der Waals surface area (Å²) in [5.41, 5.74) is 2.46. The number of benzene rings is 1. The average molecular weight is 320 g/mol. The minimum Gasteiger partial charge on any atom is -0.462 e. The molecule has 5 heteroatoms. The maximum absolute atomic E-state index is 12.1. The van der Waals surface area contributed by atoms with E-state index in [1.165, 1.54) is 18.3 Å². The van der Waals surface area contributed by atoms with Gasteiger partial charge in [-0.25, -0.2) is 4.79 Å². The minimum atomic E-state index is -0.341. The molecular weight excluding hydrogens is 300 g/mol. The Morgan fingerprint density at radius 3 is 2.55 bits per heavy atom. The van der Waals surface area contributed by atoms with E-state index in [9.17, 15) is 9.59 Å². The first-order valence-corrected chi connectivity index (χ1v) is 8.00. The average Bonchev–Trinajstić information content (AvgIpc) is 2.83. The molecule has 0 N–H and O–H groups in total. The summed E-state index contributed by atoms with van der Waals surface area (Å²) in [5, 5.41) is 0.926. The molecule has 0 fully saturated rings. The summed E-state index contributed by atoms with van der Waals surface area (Å²) in [7, 11) is 1.64. The maximum Gasteiger partial charge on any atom is 0.348 e. The van der Waals surface area contributed by atoms with Crippen LogP contribution in [0.25, 0.3) is 10.1 Å². The van der Waals surface area contributed by atoms with Gasteiger partial charge in [-0.05, 0) is 44.9 Å². The molecule has 0 bridgehead atoms. The molecule has 0 aliphatic rings. The first kappa shape index (κ1) is 16.6. The van der Waals surface area contributed by atoms with E-state index in [-0.39, 0.29) is 17.9 Å². The second kappa shape index (κ2) is 6.58. The highest BCUT2D eigenvalue weighted by atomic mass is 32.1. The Morgan fingerprint density at radius 2 is 2.00 bits per heavy atom. The normalized spacial score (nSPS) is 12.4. The van der Waals surface area contributed by atoms with Gasteiger partial charge < -0.3 is 9.47 Å². The fourth-order valence-corrected chi connectivity index (χ4v) is 3.81. The van der Waals surface area contributed by atoms with E-state index >= 15 is 0 Å². The monoisotopic (exact) mass is 320 g/mol. The van der Waals surface area contributed by atoms with E-state index in [1.54, 1.807) is 20.1 Å². The molecule has 22 heavy (non-hydrogen) atoms. The predicted octanol–water partition coefficient (Wildman–Crippen LogP) is 4.30. The molecular formula is C17H20O4S. The van der Waals surface area contributed by atoms with Crippen molar-refractivity contribution in [3.63, 3.8) is 0 Å². The maximum atomic E-state index is 12.1. The molecule has 0 radical (unpaired) electrons. The van der Waals surface area contributed by atoms with Crippen molar-refractivity contribution >= 4 is 33.2 Å². The van der Waals surface area contributed by atoms with E-state index < -0.39 is 0 Å². The van der Waals surface area contributed by atoms with Gasteiger partial charge in [-0.2, -0.15) is 0 Å². The molecule has 1 aromatic carbocycles. The van der Waals surface area contributed by atoms with Gasteiger partial charge in [-0.3, -0.25) is 4.79 Å². The highest BCUT2D eigenvalue weighted by Gasteiger charge is 2.23. The number of thiophene rings is 1. The van der Waals surface area contributed by atoms with Crippen molar-refractivity contribution in [3.8, 4) is 0 Å². The standard InChI is InChI=1S/C17H20O4S/c1-6-21-17(19)15-9(2)14-13(11(4)20-5)8-7-12(10(3)18)16(14)22-15/h7-8,11H,6H2,1-5H3. The number of ether oxygens (including phenoxy) is 2. The number of methoxy groups -OCH3 is 1. The summed E-state index contributed by atoms with van der Waals surface area (Å²) in [6.45, 7) is 7.48. The van der Waals surface area contributed by atoms with Crippen molar-refractivity contribution in [2.24, 2.45) is 0 Å². The summed E-state index contributed by atoms with van der Waals surface area (Å²) < 4.78 is 11.4. The van der Waals surface area contributed by atoms with Crippen LogP contribution in [0.2, 0.25) is 0 Å². The lowest BCUT2D eigenvalue weighted by atomic mass is 9.98. The van der Waals surface area contributed by atoms with Crippen LogP contribution >= 0.6 is 11.3 Å². The molecule has 0 aliphatic carbocycles. The van der Waals surface area contributed by atoms with Gasteiger partial charge in [0.25, 0.3) is 0 Å². The summed E-state index contributed by atoms with van der Waals surface area (Å²) >= 11 is 1.32. The number of rotatable bonds is 5. The Bertz CT molecular complexity index is 730. The lowest BCUT2D eigenvalue weighted by Crippen LogP contribution is -2.04. The van der Waals surface area contributed by atoms with E-state index in [0.717, 1.165) is 21.2 Å². The minimum absolute atomic E-state index is 0.0155. The summed E-state index contributed by atoms with van der Waals surface area (Å²) in [6, 6.07) is 3.71. The van der Waals surface area contributed by atoms with Crippen LogP contribution in [0.3, 0.4) is 0 Å². The van der Waals surface area contributed by atoms with Crippen LogP contribution in [0.5, 0.6) is 0 Å². The number of esters is 1. The molecule has 0 saturated heterocycles. The van der Waals surface area contributed by atoms with E-state index in [2.05, 4.69) is 0 Å². The van der Waals surface area contributed by atoms with Crippen LogP contribution in [-0.4, -0.2) is 25.5 Å². The van der Waals surface area contributed by atoms with Crippen molar-refractivity contribution in [2.75, 3.05) is 13.7 Å². The highest BCUT2D eigenvalue weighted by Crippen LogP contribution is 2.39. The van der Waals surface area contributed by atoms with Gasteiger partial charge >= 0.3 is 5.97 Å². The van der Waals surface area contributed by atoms with Crippen LogP contribution in [0.15, 0.2) is 12.1 Å². The van der Waals surface area contributed by atoms with Crippen molar-refractivity contribution < 1.29 is 19.1 Å². The smallest absolute Gasteiger partial charge is 0.348 e. The van der Waals surface area contributed by atoms with Gasteiger partial charge in [-0.1, -0.05) is 6.07 Å². The first-order chi connectivity index (χ1) is 10.4. The molecule has 118 valence electrons. The predicted molar refractivity (Wildman–Crippen MR) is 87.9 cm³/mol. The van der Waals surface area contributed by atoms with Gasteiger partial charge in [0.1, 0.15) is 4.88 Å². The first-order valence-electron chi connectivity index (χ1n) is 7.19. The van der Waals surface area contributed by atoms with Gasteiger partial charge in [0.15, 0.2) is 5.78 Å². The second-order valence-electron chi connectivity index (χ2n) is 5.12. The molecule has 2 rings (SSSR count). The largest absolute Gasteiger partial charge is 0.462 e. The van der Waals surface area contributed by atoms with Gasteiger partial charge in [0, 0.05) is 22.8 Å². The number of hydrogen-bond donors (Lipinski definition) is 0. The molecule has 1 aromatic heterocycles. The fourth-order valence-electron chi connectivity index (χ4n) is 2.52. The zero-order valence-corrected chi connectivity index (χ0v) is 14.3. The zero-order valence-electron chi connectivity index (χ0n) is 13.5. The summed E-state index contributed by atoms with van der Waals surface area (Å²) in [4.78, 5) is 24.6. The van der Waals surface area contributed by atoms with Crippen LogP contribution in [0.1, 0.15) is 58.0 Å². The SMILES string of the molecule is CCOC(=O)c1sc2c(C(C)=O)ccc(C(C)OC)c2c1C. The molecule has 1 unspecified atom stereocenters. The molecule has 0 aliphatic heterocycles. The molecule has 1 atom stereocenters. The van der Waals surface area contributed by atoms with Gasteiger partial charge in [-0.15, -0.1) is 11.3 Å². The lowest BCUT2D eigenvalue weighted by Gasteiger charge is -2.13. The third-order valence-corrected chi connectivity index (χ3v) is 5.05. The van der Waals surface area contributed by atoms with Crippen LogP contribution < -0.4 is 0 Å². The topological polar surface area (TPSA) is 52.6 Å². The number of ketones is 1. The van der Waals surface area contributed by atoms with Crippen LogP contribution in [0, 0.1) is 6.92 Å². The Labute approximate surface area is 134 Å². The van der Waals surface area contributed by atoms with Crippen molar-refractivity contribution in [1.82, 2.24) is 0 Å². The summed E-state index contributed by atoms with van der Waals surface area (Å²) in [5.74, 6) is -0.356. The van der Waals surface area contributed by atoms with E-state index in [1.807, 2.05) is 19.9 Å². The number of fused-ring (bicyclic) bond motifs is 1. The van der Waals surface area contributed by atoms with Crippen molar-refractivity contribution in [3.05, 3.63) is 33.7 Å². The highest BCUT2D eigenvalue weighted by molar-refractivity contribution is 7.21. The molecule has 1 heterocycles. The molecule has 2 aromatic rings. The van der Waals surface area contributed by atoms with Crippen molar-refractivity contribution in [2.45, 2.75) is 33.8 Å². The number of Topliss-reactive ketones (excluding diaryl/α,β-unsaturated/α-hetero) is 1. The Hall–Kier alpha value is -1.72. The van der Waals surface area contributed by atoms with Gasteiger partial charge in [0.05, 0.1) is 12.7 Å². The summed E-state index contributed by atoms with van der Waals surface area (Å²) in [6.07, 6.45) is -0.119. The quantitative estimate of drug-likeness (QED) is 0.609. The molecule has 0 amide bonds. The third kappa shape index (κ3) is 2.78. The number of aryl methyl sites for hydroxylation is 1. The van der Waals surface area contributed by atoms with Crippen molar-refractivity contribution in [1.29, 1.82) is 0 Å². The Kier molecular flexibility index (Phi) is 4.98. The number of carbonyl (C=O) groups excluding carboxylic acids is 2. The van der Waals surface area contributed by atoms with Crippen LogP contribution in [0.4, 0.5) is 0 Å². The molecule has 0 saturated carbocycles. The molecule has 0 spiro atoms. The lowest BCUT2D eigenvalue weighted by molar-refractivity contribution is 0.0531. The Balaban J connectivity index is 2.78. The van der Waals surface area contributed by atoms with E-state index in [4.69, 9.17) is 9.47 Å². The van der Waals surface area contributed by atoms with Gasteiger partial charge in [0.2, 0.25) is 0 Å². The Morgan fingerprint density at radius 1 is 1.32 bits per heavy atom. The fraction of sp³-hybridized carbons (Fsp3) is 0.412. The van der Waals surface area contributed by atoms with E-state index in [0.29, 0.717) is 17.0 Å². The molecule has 4 nitrogen and oxygen atoms in total. The van der Waals surface area contributed by atoms with Crippen LogP contribution in [-0.2, 0) is 9.47 Å². The number of carbonyl (C=O) groups is 2. The second-order valence-corrected chi connectivity index (χ2v) is 6.14. The zero-order chi connectivity index (χ0) is 16.4. The number of hydrogen-bond acceptors (Lipinski definition) is 5. The third-order valence-electron chi connectivity index (χ3n) is 3.74.